The van der Waals surface area contributed by atoms with E-state index in [2.05, 4.69) is 5.32 Å². The van der Waals surface area contributed by atoms with E-state index in [0.29, 0.717) is 12.1 Å². The first-order valence-electron chi connectivity index (χ1n) is 5.37. The van der Waals surface area contributed by atoms with Gasteiger partial charge in [-0.25, -0.2) is 8.78 Å². The quantitative estimate of drug-likeness (QED) is 0.725. The maximum Gasteiger partial charge on any atom is 0.130 e. The van der Waals surface area contributed by atoms with Crippen LogP contribution in [0.25, 0.3) is 0 Å². The third kappa shape index (κ3) is 4.68. The highest BCUT2D eigenvalue weighted by Gasteiger charge is 2.02. The van der Waals surface area contributed by atoms with Crippen LogP contribution in [0.4, 0.5) is 8.78 Å². The molecule has 1 aromatic rings. The van der Waals surface area contributed by atoms with Gasteiger partial charge in [0.05, 0.1) is 0 Å². The molecule has 0 heterocycles. The number of methoxy groups -OCH3 is 1. The monoisotopic (exact) mass is 229 g/mol. The Bertz CT molecular complexity index is 318. The first-order chi connectivity index (χ1) is 7.74. The number of hydrogen-bond acceptors (Lipinski definition) is 2. The largest absolute Gasteiger partial charge is 0.385 e. The zero-order valence-corrected chi connectivity index (χ0v) is 9.43. The summed E-state index contributed by atoms with van der Waals surface area (Å²) >= 11 is 0. The summed E-state index contributed by atoms with van der Waals surface area (Å²) in [7, 11) is 1.67. The van der Waals surface area contributed by atoms with E-state index in [1.807, 2.05) is 0 Å². The first kappa shape index (κ1) is 13.1. The van der Waals surface area contributed by atoms with Crippen molar-refractivity contribution in [3.63, 3.8) is 0 Å². The molecule has 0 aliphatic carbocycles. The molecule has 1 aromatic carbocycles. The molecule has 0 fully saturated rings. The van der Waals surface area contributed by atoms with Crippen molar-refractivity contribution in [1.29, 1.82) is 0 Å². The molecule has 2 nitrogen and oxygen atoms in total. The van der Waals surface area contributed by atoms with Crippen LogP contribution < -0.4 is 5.32 Å². The summed E-state index contributed by atoms with van der Waals surface area (Å²) in [6, 6.07) is 3.64. The third-order valence-electron chi connectivity index (χ3n) is 2.28. The van der Waals surface area contributed by atoms with Crippen LogP contribution >= 0.6 is 0 Å². The van der Waals surface area contributed by atoms with Crippen LogP contribution in [0.3, 0.4) is 0 Å². The molecular formula is C12H17F2NO. The van der Waals surface area contributed by atoms with Gasteiger partial charge in [-0.05, 0) is 25.5 Å². The lowest BCUT2D eigenvalue weighted by Crippen LogP contribution is -2.16. The van der Waals surface area contributed by atoms with Crippen LogP contribution in [0.5, 0.6) is 0 Å². The highest BCUT2D eigenvalue weighted by molar-refractivity contribution is 5.18. The maximum absolute atomic E-state index is 13.2. The Labute approximate surface area is 94.6 Å². The van der Waals surface area contributed by atoms with E-state index in [4.69, 9.17) is 4.74 Å². The Balaban J connectivity index is 2.21. The summed E-state index contributed by atoms with van der Waals surface area (Å²) in [5.41, 5.74) is 0.494. The van der Waals surface area contributed by atoms with Gasteiger partial charge in [0.25, 0.3) is 0 Å². The highest BCUT2D eigenvalue weighted by atomic mass is 19.1. The van der Waals surface area contributed by atoms with Crippen LogP contribution in [-0.2, 0) is 11.3 Å². The number of hydrogen-bond donors (Lipinski definition) is 1. The van der Waals surface area contributed by atoms with Gasteiger partial charge in [0.2, 0.25) is 0 Å². The van der Waals surface area contributed by atoms with Gasteiger partial charge in [0.15, 0.2) is 0 Å². The molecule has 0 saturated heterocycles. The van der Waals surface area contributed by atoms with E-state index in [9.17, 15) is 8.78 Å². The van der Waals surface area contributed by atoms with E-state index >= 15 is 0 Å². The summed E-state index contributed by atoms with van der Waals surface area (Å²) in [5.74, 6) is -1.04. The highest BCUT2D eigenvalue weighted by Crippen LogP contribution is 2.08. The molecule has 0 unspecified atom stereocenters. The van der Waals surface area contributed by atoms with Crippen LogP contribution in [0.1, 0.15) is 18.4 Å². The number of halogens is 2. The molecule has 0 atom stereocenters. The lowest BCUT2D eigenvalue weighted by molar-refractivity contribution is 0.192. The van der Waals surface area contributed by atoms with E-state index in [0.717, 1.165) is 32.1 Å². The average molecular weight is 229 g/mol. The fraction of sp³-hybridized carbons (Fsp3) is 0.500. The van der Waals surface area contributed by atoms with Crippen LogP contribution in [0.2, 0.25) is 0 Å². The zero-order valence-electron chi connectivity index (χ0n) is 9.43. The van der Waals surface area contributed by atoms with E-state index in [1.165, 1.54) is 12.1 Å². The number of rotatable bonds is 7. The number of ether oxygens (including phenoxy) is 1. The second-order valence-electron chi connectivity index (χ2n) is 3.61. The molecule has 0 aliphatic rings. The van der Waals surface area contributed by atoms with Gasteiger partial charge in [-0.3, -0.25) is 0 Å². The van der Waals surface area contributed by atoms with Gasteiger partial charge in [0.1, 0.15) is 11.6 Å². The lowest BCUT2D eigenvalue weighted by atomic mass is 10.2. The molecule has 4 heteroatoms. The molecule has 1 rings (SSSR count). The summed E-state index contributed by atoms with van der Waals surface area (Å²) < 4.78 is 30.7. The molecule has 0 aromatic heterocycles. The first-order valence-corrected chi connectivity index (χ1v) is 5.37. The van der Waals surface area contributed by atoms with Crippen molar-refractivity contribution in [2.24, 2.45) is 0 Å². The predicted molar refractivity (Wildman–Crippen MR) is 59.2 cm³/mol. The van der Waals surface area contributed by atoms with Crippen molar-refractivity contribution in [3.8, 4) is 0 Å². The summed E-state index contributed by atoms with van der Waals surface area (Å²) in [4.78, 5) is 0. The maximum atomic E-state index is 13.2. The van der Waals surface area contributed by atoms with Crippen LogP contribution in [-0.4, -0.2) is 20.3 Å². The molecule has 16 heavy (non-hydrogen) atoms. The summed E-state index contributed by atoms with van der Waals surface area (Å²) in [6.07, 6.45) is 1.96. The van der Waals surface area contributed by atoms with E-state index < -0.39 is 11.6 Å². The Kier molecular flexibility index (Phi) is 5.96. The standard InChI is InChI=1S/C12H17F2NO/c1-16-7-3-2-6-15-9-10-4-5-11(13)8-12(10)14/h4-5,8,15H,2-3,6-7,9H2,1H3. The minimum Gasteiger partial charge on any atom is -0.385 e. The number of benzene rings is 1. The number of unbranched alkanes of at least 4 members (excludes halogenated alkanes) is 1. The Hall–Kier alpha value is -1.00. The molecule has 1 N–H and O–H groups in total. The SMILES string of the molecule is COCCCCNCc1ccc(F)cc1F. The van der Waals surface area contributed by atoms with Gasteiger partial charge < -0.3 is 10.1 Å². The number of nitrogens with one attached hydrogen (secondary N) is 1. The fourth-order valence-electron chi connectivity index (χ4n) is 1.38. The fourth-order valence-corrected chi connectivity index (χ4v) is 1.38. The second-order valence-corrected chi connectivity index (χ2v) is 3.61. The molecule has 0 bridgehead atoms. The Morgan fingerprint density at radius 1 is 1.25 bits per heavy atom. The van der Waals surface area contributed by atoms with Crippen LogP contribution in [0.15, 0.2) is 18.2 Å². The zero-order chi connectivity index (χ0) is 11.8. The molecule has 0 amide bonds. The van der Waals surface area contributed by atoms with Crippen molar-refractivity contribution < 1.29 is 13.5 Å². The van der Waals surface area contributed by atoms with Crippen molar-refractivity contribution in [1.82, 2.24) is 5.32 Å². The smallest absolute Gasteiger partial charge is 0.130 e. The molecular weight excluding hydrogens is 212 g/mol. The van der Waals surface area contributed by atoms with Crippen molar-refractivity contribution >= 4 is 0 Å². The van der Waals surface area contributed by atoms with E-state index in [-0.39, 0.29) is 0 Å². The van der Waals surface area contributed by atoms with Gasteiger partial charge in [0, 0.05) is 31.9 Å². The van der Waals surface area contributed by atoms with Gasteiger partial charge in [-0.1, -0.05) is 6.07 Å². The summed E-state index contributed by atoms with van der Waals surface area (Å²) in [6.45, 7) is 1.98. The second kappa shape index (κ2) is 7.30. The Morgan fingerprint density at radius 2 is 2.06 bits per heavy atom. The molecule has 0 saturated carbocycles. The normalized spacial score (nSPS) is 10.7. The minimum atomic E-state index is -0.540. The predicted octanol–water partition coefficient (Wildman–Crippen LogP) is 2.48. The van der Waals surface area contributed by atoms with Crippen molar-refractivity contribution in [3.05, 3.63) is 35.4 Å². The minimum absolute atomic E-state index is 0.430. The van der Waals surface area contributed by atoms with Crippen molar-refractivity contribution in [2.45, 2.75) is 19.4 Å². The van der Waals surface area contributed by atoms with Crippen molar-refractivity contribution in [2.75, 3.05) is 20.3 Å². The topological polar surface area (TPSA) is 21.3 Å². The molecule has 90 valence electrons. The van der Waals surface area contributed by atoms with Gasteiger partial charge in [-0.2, -0.15) is 0 Å². The van der Waals surface area contributed by atoms with Gasteiger partial charge in [-0.15, -0.1) is 0 Å². The van der Waals surface area contributed by atoms with Crippen LogP contribution in [0, 0.1) is 11.6 Å². The average Bonchev–Trinajstić information content (AvgIpc) is 2.26. The molecule has 0 aliphatic heterocycles. The third-order valence-corrected chi connectivity index (χ3v) is 2.28. The van der Waals surface area contributed by atoms with E-state index in [1.54, 1.807) is 7.11 Å². The summed E-state index contributed by atoms with van der Waals surface area (Å²) in [5, 5.41) is 3.10. The lowest BCUT2D eigenvalue weighted by Gasteiger charge is -2.05. The van der Waals surface area contributed by atoms with Gasteiger partial charge >= 0.3 is 0 Å². The Morgan fingerprint density at radius 3 is 2.75 bits per heavy atom. The molecule has 0 radical (unpaired) electrons. The molecule has 0 spiro atoms.